The maximum atomic E-state index is 13.3. The molecule has 0 saturated heterocycles. The zero-order valence-electron chi connectivity index (χ0n) is 13.5. The smallest absolute Gasteiger partial charge is 0.317 e. The molecule has 7 heteroatoms. The predicted molar refractivity (Wildman–Crippen MR) is 102 cm³/mol. The van der Waals surface area contributed by atoms with Crippen LogP contribution in [-0.2, 0) is 0 Å². The SMILES string of the molecule is Cc1cccc(Cl)c1N1C(c2cccc(Cl)c2)=C[N+]2([O-])CNCN=C12. The number of fused-ring (bicyclic) bond motifs is 1. The number of guanidine groups is 1. The lowest BCUT2D eigenvalue weighted by Crippen LogP contribution is -2.54. The number of anilines is 1. The average Bonchev–Trinajstić information content (AvgIpc) is 2.88. The van der Waals surface area contributed by atoms with Crippen LogP contribution in [0.4, 0.5) is 5.69 Å². The van der Waals surface area contributed by atoms with Crippen molar-refractivity contribution < 1.29 is 4.65 Å². The molecule has 0 aliphatic carbocycles. The number of halogens is 2. The van der Waals surface area contributed by atoms with Crippen LogP contribution in [0.3, 0.4) is 0 Å². The quantitative estimate of drug-likeness (QED) is 0.629. The van der Waals surface area contributed by atoms with Crippen LogP contribution in [0.15, 0.2) is 53.7 Å². The Morgan fingerprint density at radius 1 is 1.20 bits per heavy atom. The van der Waals surface area contributed by atoms with Crippen molar-refractivity contribution in [2.75, 3.05) is 18.2 Å². The number of benzene rings is 2. The van der Waals surface area contributed by atoms with E-state index in [1.165, 1.54) is 0 Å². The Hall–Kier alpha value is -1.89. The second-order valence-electron chi connectivity index (χ2n) is 6.09. The van der Waals surface area contributed by atoms with Gasteiger partial charge in [-0.05, 0) is 30.7 Å². The summed E-state index contributed by atoms with van der Waals surface area (Å²) in [5.74, 6) is 0.407. The van der Waals surface area contributed by atoms with E-state index < -0.39 is 4.65 Å². The molecule has 2 heterocycles. The summed E-state index contributed by atoms with van der Waals surface area (Å²) in [6.07, 6.45) is 1.65. The highest BCUT2D eigenvalue weighted by atomic mass is 35.5. The summed E-state index contributed by atoms with van der Waals surface area (Å²) in [5.41, 5.74) is 3.32. The number of nitrogens with one attached hydrogen (secondary N) is 1. The molecule has 0 fully saturated rings. The summed E-state index contributed by atoms with van der Waals surface area (Å²) >= 11 is 12.7. The number of aryl methyl sites for hydroxylation is 1. The monoisotopic (exact) mass is 374 g/mol. The Balaban J connectivity index is 1.95. The molecular formula is C18H16Cl2N4O. The molecular weight excluding hydrogens is 359 g/mol. The van der Waals surface area contributed by atoms with Crippen molar-refractivity contribution >= 4 is 40.5 Å². The second-order valence-corrected chi connectivity index (χ2v) is 6.93. The van der Waals surface area contributed by atoms with Crippen molar-refractivity contribution in [3.05, 3.63) is 75.0 Å². The van der Waals surface area contributed by atoms with E-state index in [1.54, 1.807) is 12.3 Å². The fourth-order valence-corrected chi connectivity index (χ4v) is 3.71. The van der Waals surface area contributed by atoms with Crippen LogP contribution in [0.2, 0.25) is 10.0 Å². The molecule has 1 atom stereocenters. The average molecular weight is 375 g/mol. The van der Waals surface area contributed by atoms with Crippen molar-refractivity contribution in [1.82, 2.24) is 5.32 Å². The minimum absolute atomic E-state index is 0.225. The van der Waals surface area contributed by atoms with Gasteiger partial charge in [-0.3, -0.25) is 4.65 Å². The lowest BCUT2D eigenvalue weighted by atomic mass is 10.1. The first kappa shape index (κ1) is 16.6. The molecule has 5 nitrogen and oxygen atoms in total. The Kier molecular flexibility index (Phi) is 4.06. The molecule has 128 valence electrons. The van der Waals surface area contributed by atoms with Crippen molar-refractivity contribution in [3.63, 3.8) is 0 Å². The number of nitrogens with zero attached hydrogens (tertiary/aromatic N) is 3. The number of hydroxylamine groups is 3. The third-order valence-electron chi connectivity index (χ3n) is 4.32. The van der Waals surface area contributed by atoms with Gasteiger partial charge in [-0.1, -0.05) is 47.5 Å². The summed E-state index contributed by atoms with van der Waals surface area (Å²) in [4.78, 5) is 6.31. The van der Waals surface area contributed by atoms with Crippen LogP contribution in [0.5, 0.6) is 0 Å². The molecule has 0 aromatic heterocycles. The van der Waals surface area contributed by atoms with Crippen molar-refractivity contribution in [1.29, 1.82) is 0 Å². The highest BCUT2D eigenvalue weighted by Crippen LogP contribution is 2.42. The molecule has 2 aliphatic heterocycles. The topological polar surface area (TPSA) is 50.7 Å². The van der Waals surface area contributed by atoms with Crippen molar-refractivity contribution in [2.24, 2.45) is 4.99 Å². The number of para-hydroxylation sites is 1. The Morgan fingerprint density at radius 3 is 2.76 bits per heavy atom. The third-order valence-corrected chi connectivity index (χ3v) is 4.86. The molecule has 1 N–H and O–H groups in total. The van der Waals surface area contributed by atoms with Gasteiger partial charge in [-0.15, -0.1) is 0 Å². The molecule has 25 heavy (non-hydrogen) atoms. The Morgan fingerprint density at radius 2 is 2.00 bits per heavy atom. The molecule has 0 bridgehead atoms. The van der Waals surface area contributed by atoms with E-state index in [0.717, 1.165) is 22.5 Å². The number of aliphatic imine (C=N–C) groups is 1. The summed E-state index contributed by atoms with van der Waals surface area (Å²) in [5, 5.41) is 17.5. The molecule has 0 saturated carbocycles. The fraction of sp³-hybridized carbons (Fsp3) is 0.167. The summed E-state index contributed by atoms with van der Waals surface area (Å²) in [7, 11) is 0. The van der Waals surface area contributed by atoms with E-state index >= 15 is 0 Å². The van der Waals surface area contributed by atoms with Gasteiger partial charge in [0.25, 0.3) is 0 Å². The lowest BCUT2D eigenvalue weighted by Gasteiger charge is -2.38. The van der Waals surface area contributed by atoms with Gasteiger partial charge in [-0.2, -0.15) is 0 Å². The summed E-state index contributed by atoms with van der Waals surface area (Å²) in [6, 6.07) is 13.1. The number of quaternary nitrogens is 1. The van der Waals surface area contributed by atoms with Crippen LogP contribution < -0.4 is 10.2 Å². The molecule has 2 aromatic rings. The summed E-state index contributed by atoms with van der Waals surface area (Å²) < 4.78 is -0.674. The van der Waals surface area contributed by atoms with Gasteiger partial charge in [0.2, 0.25) is 0 Å². The summed E-state index contributed by atoms with van der Waals surface area (Å²) in [6.45, 7) is 2.59. The molecule has 0 spiro atoms. The van der Waals surface area contributed by atoms with Gasteiger partial charge in [0, 0.05) is 10.6 Å². The van der Waals surface area contributed by atoms with E-state index in [2.05, 4.69) is 10.3 Å². The van der Waals surface area contributed by atoms with Crippen LogP contribution in [0, 0.1) is 12.1 Å². The van der Waals surface area contributed by atoms with E-state index in [9.17, 15) is 5.21 Å². The third kappa shape index (κ3) is 2.74. The van der Waals surface area contributed by atoms with Gasteiger partial charge in [0.1, 0.15) is 25.2 Å². The zero-order valence-corrected chi connectivity index (χ0v) is 15.1. The van der Waals surface area contributed by atoms with Crippen LogP contribution in [0.1, 0.15) is 11.1 Å². The molecule has 2 aliphatic rings. The van der Waals surface area contributed by atoms with Gasteiger partial charge in [0.05, 0.1) is 10.7 Å². The van der Waals surface area contributed by atoms with E-state index in [1.807, 2.05) is 48.2 Å². The number of hydrogen-bond donors (Lipinski definition) is 1. The molecule has 2 aromatic carbocycles. The van der Waals surface area contributed by atoms with Gasteiger partial charge >= 0.3 is 5.96 Å². The van der Waals surface area contributed by atoms with Gasteiger partial charge in [0.15, 0.2) is 0 Å². The first-order valence-corrected chi connectivity index (χ1v) is 8.64. The molecule has 4 rings (SSSR count). The Bertz CT molecular complexity index is 891. The Labute approximate surface area is 156 Å². The van der Waals surface area contributed by atoms with Crippen LogP contribution in [-0.4, -0.2) is 23.9 Å². The molecule has 1 unspecified atom stereocenters. The highest BCUT2D eigenvalue weighted by Gasteiger charge is 2.43. The van der Waals surface area contributed by atoms with Crippen LogP contribution >= 0.6 is 23.2 Å². The normalized spacial score (nSPS) is 22.5. The van der Waals surface area contributed by atoms with E-state index in [-0.39, 0.29) is 6.67 Å². The zero-order chi connectivity index (χ0) is 17.6. The standard InChI is InChI=1S/C18H16Cl2N4O/c1-12-4-2-7-15(20)17(12)23-16(13-5-3-6-14(19)8-13)9-24(25)11-21-10-22-18(23)24/h2-9,21H,10-11H2,1H3. The highest BCUT2D eigenvalue weighted by molar-refractivity contribution is 6.35. The minimum Gasteiger partial charge on any atom is -0.619 e. The minimum atomic E-state index is -0.674. The van der Waals surface area contributed by atoms with Gasteiger partial charge in [-0.25, -0.2) is 15.2 Å². The first-order chi connectivity index (χ1) is 12.0. The molecule has 0 amide bonds. The van der Waals surface area contributed by atoms with Gasteiger partial charge < -0.3 is 5.21 Å². The van der Waals surface area contributed by atoms with E-state index in [4.69, 9.17) is 23.2 Å². The number of hydrogen-bond acceptors (Lipinski definition) is 4. The predicted octanol–water partition coefficient (Wildman–Crippen LogP) is 4.31. The van der Waals surface area contributed by atoms with E-state index in [0.29, 0.717) is 22.7 Å². The fourth-order valence-electron chi connectivity index (χ4n) is 3.22. The maximum Gasteiger partial charge on any atom is 0.317 e. The van der Waals surface area contributed by atoms with Crippen molar-refractivity contribution in [2.45, 2.75) is 6.92 Å². The second kappa shape index (κ2) is 6.12. The van der Waals surface area contributed by atoms with Crippen molar-refractivity contribution in [3.8, 4) is 0 Å². The number of rotatable bonds is 2. The lowest BCUT2D eigenvalue weighted by molar-refractivity contribution is -0.736. The molecule has 0 radical (unpaired) electrons. The first-order valence-electron chi connectivity index (χ1n) is 7.88. The maximum absolute atomic E-state index is 13.3. The largest absolute Gasteiger partial charge is 0.619 e. The van der Waals surface area contributed by atoms with Crippen LogP contribution in [0.25, 0.3) is 5.70 Å².